The van der Waals surface area contributed by atoms with E-state index < -0.39 is 6.09 Å². The maximum Gasteiger partial charge on any atom is 0.407 e. The third-order valence-corrected chi connectivity index (χ3v) is 13.3. The van der Waals surface area contributed by atoms with Crippen LogP contribution in [-0.4, -0.2) is 87.6 Å². The quantitative estimate of drug-likeness (QED) is 0.127. The summed E-state index contributed by atoms with van der Waals surface area (Å²) >= 11 is 0. The molecule has 13 heteroatoms. The number of aromatic nitrogens is 4. The number of hydrogen-bond donors (Lipinski definition) is 3. The predicted octanol–water partition coefficient (Wildman–Crippen LogP) is 8.33. The second-order valence-corrected chi connectivity index (χ2v) is 16.4. The molecule has 0 aliphatic carbocycles. The highest BCUT2D eigenvalue weighted by Crippen LogP contribution is 2.55. The van der Waals surface area contributed by atoms with Crippen LogP contribution in [0.25, 0.3) is 33.3 Å². The highest BCUT2D eigenvalue weighted by atomic mass is 16.5. The summed E-state index contributed by atoms with van der Waals surface area (Å²) in [6.45, 7) is 7.27. The lowest BCUT2D eigenvalue weighted by molar-refractivity contribution is -0.134. The van der Waals surface area contributed by atoms with Gasteiger partial charge in [0.15, 0.2) is 0 Å². The van der Waals surface area contributed by atoms with Crippen molar-refractivity contribution in [1.82, 2.24) is 35.1 Å². The number of fused-ring (bicyclic) bond motifs is 4. The average molecular weight is 800 g/mol. The number of benzene rings is 3. The molecular weight excluding hydrogens is 747 g/mol. The third kappa shape index (κ3) is 7.13. The number of amides is 3. The van der Waals surface area contributed by atoms with Crippen LogP contribution in [0.3, 0.4) is 0 Å². The molecule has 2 atom stereocenters. The van der Waals surface area contributed by atoms with Gasteiger partial charge < -0.3 is 39.3 Å². The van der Waals surface area contributed by atoms with Gasteiger partial charge in [-0.25, -0.2) is 14.8 Å². The number of imidazole rings is 2. The van der Waals surface area contributed by atoms with Crippen LogP contribution in [0.2, 0.25) is 0 Å². The van der Waals surface area contributed by atoms with Crippen LogP contribution in [0.1, 0.15) is 106 Å². The number of carbonyl (C=O) groups is 3. The Bertz CT molecular complexity index is 2380. The van der Waals surface area contributed by atoms with Crippen LogP contribution in [0.15, 0.2) is 60.9 Å². The fourth-order valence-electron chi connectivity index (χ4n) is 10.1. The van der Waals surface area contributed by atoms with Crippen molar-refractivity contribution in [2.24, 2.45) is 5.92 Å². The SMILES string of the molecule is CCC1(CC)c2ccc(-c3cnc([C@H]4CCCN4C(=O)CNC(=O)OC)[nH]3)cc2Oc2ccc3cc(-c4cnc([C@H]5CCCN5C(=O)CC5CCOCC5)[nH]4)ccc3c21. The second-order valence-electron chi connectivity index (χ2n) is 16.4. The van der Waals surface area contributed by atoms with E-state index in [1.165, 1.54) is 18.1 Å². The van der Waals surface area contributed by atoms with Crippen molar-refractivity contribution in [2.45, 2.75) is 89.1 Å². The molecule has 3 N–H and O–H groups in total. The van der Waals surface area contributed by atoms with Gasteiger partial charge in [-0.05, 0) is 86.3 Å². The second kappa shape index (κ2) is 16.2. The molecule has 3 saturated heterocycles. The highest BCUT2D eigenvalue weighted by Gasteiger charge is 2.41. The molecular formula is C46H53N7O6. The van der Waals surface area contributed by atoms with Crippen molar-refractivity contribution in [3.05, 3.63) is 83.7 Å². The first kappa shape index (κ1) is 38.8. The summed E-state index contributed by atoms with van der Waals surface area (Å²) in [5, 5.41) is 4.79. The summed E-state index contributed by atoms with van der Waals surface area (Å²) in [5.74, 6) is 3.73. The van der Waals surface area contributed by atoms with Crippen molar-refractivity contribution in [3.63, 3.8) is 0 Å². The summed E-state index contributed by atoms with van der Waals surface area (Å²) < 4.78 is 16.9. The van der Waals surface area contributed by atoms with E-state index in [2.05, 4.69) is 82.4 Å². The standard InChI is InChI=1S/C46H53N7O6/c1-4-46(5-2)33-14-11-31(35-26-48-44(51-35)37-9-7-19-53(37)41(55)27-49-45(56)57-3)24-39(33)59-38-15-12-29-23-30(10-13-32(29)42(38)46)34-25-47-43(50-34)36-8-6-18-52(36)40(54)22-28-16-20-58-21-17-28/h10-15,23-26,28,36-37H,4-9,16-22,27H2,1-3H3,(H,47,50)(H,48,51)(H,49,56)/t36-,37-/m1/s1. The number of carbonyl (C=O) groups excluding carboxylic acids is 3. The molecule has 0 unspecified atom stereocenters. The van der Waals surface area contributed by atoms with E-state index in [0.717, 1.165) is 128 Å². The van der Waals surface area contributed by atoms with Crippen LogP contribution < -0.4 is 10.1 Å². The first-order valence-corrected chi connectivity index (χ1v) is 21.3. The first-order valence-electron chi connectivity index (χ1n) is 21.3. The lowest BCUT2D eigenvalue weighted by Crippen LogP contribution is -2.40. The zero-order valence-corrected chi connectivity index (χ0v) is 34.1. The molecule has 6 heterocycles. The van der Waals surface area contributed by atoms with Gasteiger partial charge in [0.2, 0.25) is 11.8 Å². The van der Waals surface area contributed by atoms with Gasteiger partial charge in [0, 0.05) is 60.4 Å². The monoisotopic (exact) mass is 799 g/mol. The molecule has 2 aromatic heterocycles. The molecule has 59 heavy (non-hydrogen) atoms. The van der Waals surface area contributed by atoms with E-state index in [-0.39, 0.29) is 35.9 Å². The number of alkyl carbamates (subject to hydrolysis) is 1. The lowest BCUT2D eigenvalue weighted by Gasteiger charge is -2.40. The van der Waals surface area contributed by atoms with Gasteiger partial charge in [-0.2, -0.15) is 0 Å². The molecule has 5 aromatic rings. The molecule has 0 spiro atoms. The number of ether oxygens (including phenoxy) is 3. The number of hydrogen-bond acceptors (Lipinski definition) is 8. The summed E-state index contributed by atoms with van der Waals surface area (Å²) in [6, 6.07) is 17.1. The Morgan fingerprint density at radius 2 is 1.46 bits per heavy atom. The van der Waals surface area contributed by atoms with Crippen molar-refractivity contribution >= 4 is 28.7 Å². The molecule has 0 saturated carbocycles. The minimum absolute atomic E-state index is 0.0252. The summed E-state index contributed by atoms with van der Waals surface area (Å²) in [7, 11) is 1.28. The average Bonchev–Trinajstić information content (AvgIpc) is 4.12. The maximum absolute atomic E-state index is 13.4. The molecule has 4 aliphatic rings. The van der Waals surface area contributed by atoms with Gasteiger partial charge in [-0.3, -0.25) is 9.59 Å². The third-order valence-electron chi connectivity index (χ3n) is 13.3. The van der Waals surface area contributed by atoms with Gasteiger partial charge in [0.05, 0.1) is 43.0 Å². The van der Waals surface area contributed by atoms with E-state index in [1.54, 1.807) is 4.90 Å². The zero-order chi connectivity index (χ0) is 40.7. The van der Waals surface area contributed by atoms with Crippen molar-refractivity contribution in [3.8, 4) is 34.0 Å². The number of nitrogens with zero attached hydrogens (tertiary/aromatic N) is 4. The van der Waals surface area contributed by atoms with Crippen LogP contribution in [0.4, 0.5) is 4.79 Å². The number of methoxy groups -OCH3 is 1. The Morgan fingerprint density at radius 1 is 0.814 bits per heavy atom. The van der Waals surface area contributed by atoms with Crippen molar-refractivity contribution in [1.29, 1.82) is 0 Å². The molecule has 9 rings (SSSR count). The van der Waals surface area contributed by atoms with E-state index in [4.69, 9.17) is 19.4 Å². The van der Waals surface area contributed by atoms with Crippen LogP contribution >= 0.6 is 0 Å². The topological polar surface area (TPSA) is 155 Å². The van der Waals surface area contributed by atoms with E-state index in [9.17, 15) is 14.4 Å². The first-order chi connectivity index (χ1) is 28.8. The number of H-pyrrole nitrogens is 2. The summed E-state index contributed by atoms with van der Waals surface area (Å²) in [6.07, 6.45) is 10.9. The van der Waals surface area contributed by atoms with Gasteiger partial charge in [-0.15, -0.1) is 0 Å². The fraction of sp³-hybridized carbons (Fsp3) is 0.457. The number of aromatic amines is 2. The van der Waals surface area contributed by atoms with Gasteiger partial charge in [0.25, 0.3) is 0 Å². The largest absolute Gasteiger partial charge is 0.457 e. The summed E-state index contributed by atoms with van der Waals surface area (Å²) in [4.78, 5) is 58.4. The Kier molecular flexibility index (Phi) is 10.6. The van der Waals surface area contributed by atoms with Crippen LogP contribution in [0.5, 0.6) is 11.5 Å². The van der Waals surface area contributed by atoms with Crippen molar-refractivity contribution < 1.29 is 28.6 Å². The van der Waals surface area contributed by atoms with Crippen LogP contribution in [0, 0.1) is 5.92 Å². The molecule has 0 radical (unpaired) electrons. The fourth-order valence-corrected chi connectivity index (χ4v) is 10.1. The van der Waals surface area contributed by atoms with E-state index in [1.807, 2.05) is 17.3 Å². The molecule has 13 nitrogen and oxygen atoms in total. The molecule has 3 fully saturated rings. The minimum atomic E-state index is -0.632. The van der Waals surface area contributed by atoms with Gasteiger partial charge in [-0.1, -0.05) is 44.2 Å². The molecule has 308 valence electrons. The smallest absolute Gasteiger partial charge is 0.407 e. The molecule has 4 aliphatic heterocycles. The van der Waals surface area contributed by atoms with Gasteiger partial charge >= 0.3 is 6.09 Å². The molecule has 3 amide bonds. The predicted molar refractivity (Wildman–Crippen MR) is 223 cm³/mol. The Balaban J connectivity index is 0.954. The number of rotatable bonds is 10. The Hall–Kier alpha value is -5.69. The number of likely N-dealkylation sites (tertiary alicyclic amines) is 2. The Labute approximate surface area is 344 Å². The van der Waals surface area contributed by atoms with E-state index >= 15 is 0 Å². The zero-order valence-electron chi connectivity index (χ0n) is 34.1. The minimum Gasteiger partial charge on any atom is -0.457 e. The maximum atomic E-state index is 13.4. The van der Waals surface area contributed by atoms with Crippen molar-refractivity contribution in [2.75, 3.05) is 40.0 Å². The molecule has 3 aromatic carbocycles. The number of nitrogens with one attached hydrogen (secondary N) is 3. The van der Waals surface area contributed by atoms with Crippen LogP contribution in [-0.2, 0) is 24.5 Å². The summed E-state index contributed by atoms with van der Waals surface area (Å²) in [5.41, 5.74) is 5.89. The molecule has 0 bridgehead atoms. The normalized spacial score (nSPS) is 20.0. The lowest BCUT2D eigenvalue weighted by atomic mass is 9.67. The van der Waals surface area contributed by atoms with E-state index in [0.29, 0.717) is 18.9 Å². The Morgan fingerprint density at radius 3 is 2.12 bits per heavy atom. The highest BCUT2D eigenvalue weighted by molar-refractivity contribution is 5.93. The van der Waals surface area contributed by atoms with Gasteiger partial charge in [0.1, 0.15) is 29.7 Å².